The highest BCUT2D eigenvalue weighted by molar-refractivity contribution is 7.99. The van der Waals surface area contributed by atoms with Crippen LogP contribution in [0.3, 0.4) is 0 Å². The summed E-state index contributed by atoms with van der Waals surface area (Å²) in [5, 5.41) is 5.97. The van der Waals surface area contributed by atoms with Crippen LogP contribution < -0.4 is 5.32 Å². The number of allylic oxidation sites excluding steroid dienone is 3. The van der Waals surface area contributed by atoms with Crippen molar-refractivity contribution >= 4 is 46.5 Å². The molecule has 2 heterocycles. The smallest absolute Gasteiger partial charge is 0.336 e. The lowest BCUT2D eigenvalue weighted by molar-refractivity contribution is -0.138. The predicted octanol–water partition coefficient (Wildman–Crippen LogP) is 6.06. The van der Waals surface area contributed by atoms with Crippen LogP contribution in [0.25, 0.3) is 0 Å². The zero-order chi connectivity index (χ0) is 22.7. The van der Waals surface area contributed by atoms with Gasteiger partial charge in [-0.2, -0.15) is 11.8 Å². The van der Waals surface area contributed by atoms with Crippen molar-refractivity contribution in [1.29, 1.82) is 0 Å². The van der Waals surface area contributed by atoms with Gasteiger partial charge in [-0.15, -0.1) is 11.3 Å². The van der Waals surface area contributed by atoms with E-state index in [0.29, 0.717) is 29.2 Å². The minimum Gasteiger partial charge on any atom is -0.461 e. The molecule has 1 aromatic carbocycles. The van der Waals surface area contributed by atoms with Gasteiger partial charge >= 0.3 is 5.97 Å². The quantitative estimate of drug-likeness (QED) is 0.380. The van der Waals surface area contributed by atoms with Gasteiger partial charge in [0.15, 0.2) is 5.78 Å². The molecule has 4 rings (SSSR count). The third kappa shape index (κ3) is 4.68. The number of nitrogens with one attached hydrogen (secondary N) is 1. The number of ether oxygens (including phenoxy) is 1. The average Bonchev–Trinajstić information content (AvgIpc) is 3.31. The molecule has 0 amide bonds. The molecule has 0 spiro atoms. The van der Waals surface area contributed by atoms with E-state index in [4.69, 9.17) is 16.3 Å². The van der Waals surface area contributed by atoms with Gasteiger partial charge in [0.2, 0.25) is 0 Å². The molecule has 4 nitrogen and oxygen atoms in total. The summed E-state index contributed by atoms with van der Waals surface area (Å²) >= 11 is 9.98. The van der Waals surface area contributed by atoms with E-state index in [2.05, 4.69) is 18.3 Å². The largest absolute Gasteiger partial charge is 0.461 e. The first-order chi connectivity index (χ1) is 15.5. The second-order valence-corrected chi connectivity index (χ2v) is 10.7. The van der Waals surface area contributed by atoms with Crippen LogP contribution in [0.2, 0.25) is 5.02 Å². The minimum absolute atomic E-state index is 0.0569. The second-order valence-electron chi connectivity index (χ2n) is 7.89. The van der Waals surface area contributed by atoms with Gasteiger partial charge in [0.25, 0.3) is 0 Å². The maximum absolute atomic E-state index is 13.5. The van der Waals surface area contributed by atoms with E-state index in [0.717, 1.165) is 34.9 Å². The van der Waals surface area contributed by atoms with Crippen molar-refractivity contribution in [2.45, 2.75) is 38.5 Å². The number of thiophene rings is 1. The maximum atomic E-state index is 13.5. The third-order valence-corrected chi connectivity index (χ3v) is 8.12. The number of hydrogen-bond acceptors (Lipinski definition) is 6. The lowest BCUT2D eigenvalue weighted by Crippen LogP contribution is -2.36. The predicted molar refractivity (Wildman–Crippen MR) is 132 cm³/mol. The Morgan fingerprint density at radius 3 is 2.78 bits per heavy atom. The van der Waals surface area contributed by atoms with Gasteiger partial charge < -0.3 is 10.1 Å². The normalized spacial score (nSPS) is 20.8. The fourth-order valence-corrected chi connectivity index (χ4v) is 6.04. The van der Waals surface area contributed by atoms with Gasteiger partial charge in [0.05, 0.1) is 5.57 Å². The van der Waals surface area contributed by atoms with Gasteiger partial charge in [-0.1, -0.05) is 42.8 Å². The van der Waals surface area contributed by atoms with Crippen molar-refractivity contribution in [3.63, 3.8) is 0 Å². The van der Waals surface area contributed by atoms with Gasteiger partial charge in [-0.3, -0.25) is 4.79 Å². The lowest BCUT2D eigenvalue weighted by atomic mass is 9.72. The molecule has 2 aromatic rings. The molecule has 2 aliphatic rings. The van der Waals surface area contributed by atoms with Crippen molar-refractivity contribution in [1.82, 2.24) is 5.32 Å². The first-order valence-electron chi connectivity index (χ1n) is 10.8. The summed E-state index contributed by atoms with van der Waals surface area (Å²) in [4.78, 5) is 27.9. The van der Waals surface area contributed by atoms with Crippen LogP contribution in [-0.2, 0) is 14.3 Å². The molecule has 0 unspecified atom stereocenters. The second kappa shape index (κ2) is 10.3. The van der Waals surface area contributed by atoms with E-state index in [-0.39, 0.29) is 11.7 Å². The van der Waals surface area contributed by atoms with Crippen molar-refractivity contribution < 1.29 is 14.3 Å². The fraction of sp³-hybridized carbons (Fsp3) is 0.360. The molecular weight excluding hydrogens is 462 g/mol. The number of Topliss-reactive ketones (excluding diaryl/α,β-unsaturated/α-hetero) is 1. The first kappa shape index (κ1) is 23.1. The lowest BCUT2D eigenvalue weighted by Gasteiger charge is -2.36. The van der Waals surface area contributed by atoms with Crippen LogP contribution >= 0.6 is 34.7 Å². The highest BCUT2D eigenvalue weighted by Gasteiger charge is 2.42. The van der Waals surface area contributed by atoms with E-state index >= 15 is 0 Å². The van der Waals surface area contributed by atoms with Crippen LogP contribution in [0.5, 0.6) is 0 Å². The van der Waals surface area contributed by atoms with Crippen LogP contribution in [-0.4, -0.2) is 29.9 Å². The Labute approximate surface area is 202 Å². The summed E-state index contributed by atoms with van der Waals surface area (Å²) in [6.45, 7) is 4.29. The van der Waals surface area contributed by atoms with Gasteiger partial charge in [-0.05, 0) is 42.2 Å². The number of esters is 1. The van der Waals surface area contributed by atoms with E-state index in [1.54, 1.807) is 29.2 Å². The monoisotopic (exact) mass is 487 g/mol. The zero-order valence-electron chi connectivity index (χ0n) is 18.2. The summed E-state index contributed by atoms with van der Waals surface area (Å²) in [5.74, 6) is 1.00. The molecule has 0 fully saturated rings. The molecule has 1 aromatic heterocycles. The molecule has 1 aliphatic carbocycles. The third-order valence-electron chi connectivity index (χ3n) is 5.87. The van der Waals surface area contributed by atoms with E-state index < -0.39 is 11.9 Å². The Kier molecular flexibility index (Phi) is 7.44. The molecule has 0 saturated heterocycles. The number of benzene rings is 1. The van der Waals surface area contributed by atoms with Crippen LogP contribution in [0, 0.1) is 0 Å². The van der Waals surface area contributed by atoms with Crippen molar-refractivity contribution in [2.75, 3.05) is 18.1 Å². The maximum Gasteiger partial charge on any atom is 0.336 e. The molecule has 1 aliphatic heterocycles. The number of ketones is 1. The Morgan fingerprint density at radius 1 is 1.25 bits per heavy atom. The molecular formula is C25H26ClNO3S2. The summed E-state index contributed by atoms with van der Waals surface area (Å²) in [6, 6.07) is 11.6. The number of carbonyl (C=O) groups is 2. The van der Waals surface area contributed by atoms with Crippen LogP contribution in [0.15, 0.2) is 64.3 Å². The molecule has 32 heavy (non-hydrogen) atoms. The van der Waals surface area contributed by atoms with Gasteiger partial charge in [-0.25, -0.2) is 4.79 Å². The number of halogens is 1. The summed E-state index contributed by atoms with van der Waals surface area (Å²) < 4.78 is 5.61. The Morgan fingerprint density at radius 2 is 2.06 bits per heavy atom. The van der Waals surface area contributed by atoms with E-state index in [1.807, 2.05) is 36.6 Å². The van der Waals surface area contributed by atoms with E-state index in [1.165, 1.54) is 4.88 Å². The molecule has 7 heteroatoms. The van der Waals surface area contributed by atoms with Crippen molar-refractivity contribution in [3.05, 3.63) is 79.8 Å². The van der Waals surface area contributed by atoms with E-state index in [9.17, 15) is 9.59 Å². The van der Waals surface area contributed by atoms with Crippen LogP contribution in [0.4, 0.5) is 0 Å². The number of carbonyl (C=O) groups excluding carboxylic acids is 2. The number of rotatable bonds is 7. The molecule has 168 valence electrons. The van der Waals surface area contributed by atoms with Gasteiger partial charge in [0.1, 0.15) is 6.61 Å². The topological polar surface area (TPSA) is 55.4 Å². The van der Waals surface area contributed by atoms with Gasteiger partial charge in [0, 0.05) is 50.9 Å². The van der Waals surface area contributed by atoms with Crippen molar-refractivity contribution in [3.8, 4) is 0 Å². The Bertz CT molecular complexity index is 1070. The number of hydrogen-bond donors (Lipinski definition) is 1. The summed E-state index contributed by atoms with van der Waals surface area (Å²) in [6.07, 6.45) is 1.16. The molecule has 2 atom stereocenters. The minimum atomic E-state index is -0.525. The average molecular weight is 488 g/mol. The summed E-state index contributed by atoms with van der Waals surface area (Å²) in [7, 11) is 0. The summed E-state index contributed by atoms with van der Waals surface area (Å²) in [5.41, 5.74) is 3.49. The molecule has 0 radical (unpaired) electrons. The van der Waals surface area contributed by atoms with Crippen molar-refractivity contribution in [2.24, 2.45) is 0 Å². The zero-order valence-corrected chi connectivity index (χ0v) is 20.5. The molecule has 0 saturated carbocycles. The number of dihydropyridines is 1. The number of thioether (sulfide) groups is 1. The van der Waals surface area contributed by atoms with Crippen LogP contribution in [0.1, 0.15) is 49.0 Å². The fourth-order valence-electron chi connectivity index (χ4n) is 4.47. The Balaban J connectivity index is 1.73. The SMILES string of the molecule is CCSCCOC(=O)C1=C(C)NC2=C(C(=O)C[C@@H](c3cccs3)C2)[C@@H]1c1ccccc1Cl. The standard InChI is InChI=1S/C25H26ClNO3S2/c1-3-31-12-10-30-25(29)22-15(2)27-19-13-16(21-9-6-11-32-21)14-20(28)24(19)23(22)17-7-4-5-8-18(17)26/h4-9,11,16,23,27H,3,10,12-14H2,1-2H3/t16-,23+/m0/s1. The first-order valence-corrected chi connectivity index (χ1v) is 13.2. The molecule has 1 N–H and O–H groups in total. The molecule has 0 bridgehead atoms. The highest BCUT2D eigenvalue weighted by Crippen LogP contribution is 2.47. The Hall–Kier alpha value is -2.02. The highest BCUT2D eigenvalue weighted by atomic mass is 35.5.